The maximum Gasteiger partial charge on any atom is 0.409 e. The molecule has 1 aliphatic rings. The first-order valence-electron chi connectivity index (χ1n) is 12.0. The van der Waals surface area contributed by atoms with Gasteiger partial charge in [-0.2, -0.15) is 4.37 Å². The lowest BCUT2D eigenvalue weighted by Gasteiger charge is -2.34. The van der Waals surface area contributed by atoms with Crippen LogP contribution in [0.3, 0.4) is 0 Å². The van der Waals surface area contributed by atoms with Crippen molar-refractivity contribution in [3.8, 4) is 5.75 Å². The summed E-state index contributed by atoms with van der Waals surface area (Å²) in [5.41, 5.74) is 1.06. The molecule has 1 aromatic carbocycles. The van der Waals surface area contributed by atoms with Crippen molar-refractivity contribution in [2.45, 2.75) is 26.3 Å². The summed E-state index contributed by atoms with van der Waals surface area (Å²) in [7, 11) is 1.65. The summed E-state index contributed by atoms with van der Waals surface area (Å²) in [6.45, 7) is 5.05. The lowest BCUT2D eigenvalue weighted by atomic mass is 10.1. The molecule has 1 fully saturated rings. The molecule has 4 rings (SSSR count). The summed E-state index contributed by atoms with van der Waals surface area (Å²) in [5.74, 6) is 2.34. The van der Waals surface area contributed by atoms with E-state index in [1.54, 1.807) is 30.1 Å². The molecule has 11 heteroatoms. The number of nitrogens with zero attached hydrogens (tertiary/aromatic N) is 5. The van der Waals surface area contributed by atoms with Gasteiger partial charge in [0.1, 0.15) is 17.3 Å². The minimum Gasteiger partial charge on any atom is -0.497 e. The average Bonchev–Trinajstić information content (AvgIpc) is 3.59. The lowest BCUT2D eigenvalue weighted by molar-refractivity contribution is -0.132. The Bertz CT molecular complexity index is 1130. The van der Waals surface area contributed by atoms with E-state index in [9.17, 15) is 9.59 Å². The van der Waals surface area contributed by atoms with E-state index in [0.717, 1.165) is 22.2 Å². The van der Waals surface area contributed by atoms with Crippen LogP contribution in [0.15, 0.2) is 47.1 Å². The highest BCUT2D eigenvalue weighted by atomic mass is 32.1. The zero-order valence-electron chi connectivity index (χ0n) is 20.6. The molecule has 0 spiro atoms. The fourth-order valence-electron chi connectivity index (χ4n) is 3.98. The standard InChI is InChI=1S/C25H31N5O5S/c1-3-34-25(32)29-13-11-28(12-14-29)23(31)9-10-30(18-21-8-5-15-35-21)24-26-22(27-36-24)17-19-6-4-7-20(16-19)33-2/h4-8,15-16H,3,9-14,17-18H2,1-2H3. The Kier molecular flexibility index (Phi) is 8.77. The highest BCUT2D eigenvalue weighted by molar-refractivity contribution is 7.09. The molecule has 3 aromatic rings. The van der Waals surface area contributed by atoms with Crippen molar-refractivity contribution in [2.75, 3.05) is 51.3 Å². The number of benzene rings is 1. The minimum atomic E-state index is -0.324. The van der Waals surface area contributed by atoms with Crippen LogP contribution in [0.4, 0.5) is 9.93 Å². The molecule has 2 aromatic heterocycles. The molecule has 0 saturated carbocycles. The van der Waals surface area contributed by atoms with Gasteiger partial charge in [0, 0.05) is 57.1 Å². The zero-order chi connectivity index (χ0) is 25.3. The van der Waals surface area contributed by atoms with Crippen molar-refractivity contribution in [3.63, 3.8) is 0 Å². The molecule has 36 heavy (non-hydrogen) atoms. The summed E-state index contributed by atoms with van der Waals surface area (Å²) in [4.78, 5) is 35.1. The molecule has 3 heterocycles. The number of hydrogen-bond donors (Lipinski definition) is 0. The quantitative estimate of drug-likeness (QED) is 0.406. The molecule has 0 bridgehead atoms. The number of amides is 2. The Morgan fingerprint density at radius 1 is 1.14 bits per heavy atom. The van der Waals surface area contributed by atoms with E-state index in [0.29, 0.717) is 64.5 Å². The highest BCUT2D eigenvalue weighted by Gasteiger charge is 2.25. The number of furan rings is 1. The first kappa shape index (κ1) is 25.5. The van der Waals surface area contributed by atoms with Crippen LogP contribution in [0, 0.1) is 0 Å². The van der Waals surface area contributed by atoms with Gasteiger partial charge in [0.2, 0.25) is 11.0 Å². The van der Waals surface area contributed by atoms with E-state index in [1.807, 2.05) is 41.3 Å². The fourth-order valence-corrected chi connectivity index (χ4v) is 4.69. The van der Waals surface area contributed by atoms with Gasteiger partial charge in [0.25, 0.3) is 0 Å². The van der Waals surface area contributed by atoms with Crippen LogP contribution in [-0.2, 0) is 22.5 Å². The Hall–Kier alpha value is -3.60. The van der Waals surface area contributed by atoms with Crippen LogP contribution >= 0.6 is 11.5 Å². The van der Waals surface area contributed by atoms with Gasteiger partial charge in [-0.1, -0.05) is 12.1 Å². The van der Waals surface area contributed by atoms with Crippen LogP contribution in [-0.4, -0.2) is 77.6 Å². The summed E-state index contributed by atoms with van der Waals surface area (Å²) in [5, 5.41) is 0.740. The molecular formula is C25H31N5O5S. The van der Waals surface area contributed by atoms with Crippen LogP contribution in [0.2, 0.25) is 0 Å². The minimum absolute atomic E-state index is 0.0454. The van der Waals surface area contributed by atoms with Crippen molar-refractivity contribution in [2.24, 2.45) is 0 Å². The maximum absolute atomic E-state index is 12.9. The van der Waals surface area contributed by atoms with E-state index in [2.05, 4.69) is 4.37 Å². The third-order valence-corrected chi connectivity index (χ3v) is 6.72. The third kappa shape index (κ3) is 6.75. The Morgan fingerprint density at radius 3 is 2.67 bits per heavy atom. The lowest BCUT2D eigenvalue weighted by Crippen LogP contribution is -2.51. The van der Waals surface area contributed by atoms with E-state index in [4.69, 9.17) is 18.9 Å². The number of anilines is 1. The number of ether oxygens (including phenoxy) is 2. The Labute approximate surface area is 214 Å². The van der Waals surface area contributed by atoms with Gasteiger partial charge >= 0.3 is 6.09 Å². The predicted octanol–water partition coefficient (Wildman–Crippen LogP) is 3.43. The summed E-state index contributed by atoms with van der Waals surface area (Å²) in [6, 6.07) is 11.6. The van der Waals surface area contributed by atoms with E-state index in [1.165, 1.54) is 11.5 Å². The molecule has 0 aliphatic carbocycles. The van der Waals surface area contributed by atoms with Gasteiger partial charge in [-0.15, -0.1) is 0 Å². The number of rotatable bonds is 10. The number of aromatic nitrogens is 2. The van der Waals surface area contributed by atoms with Crippen molar-refractivity contribution in [1.29, 1.82) is 0 Å². The third-order valence-electron chi connectivity index (χ3n) is 5.91. The van der Waals surface area contributed by atoms with E-state index < -0.39 is 0 Å². The van der Waals surface area contributed by atoms with Crippen LogP contribution in [0.1, 0.15) is 30.5 Å². The molecule has 0 N–H and O–H groups in total. The molecule has 1 saturated heterocycles. The van der Waals surface area contributed by atoms with Crippen molar-refractivity contribution >= 4 is 28.7 Å². The largest absolute Gasteiger partial charge is 0.497 e. The summed E-state index contributed by atoms with van der Waals surface area (Å²) < 4.78 is 20.5. The number of piperazine rings is 1. The highest BCUT2D eigenvalue weighted by Crippen LogP contribution is 2.23. The second-order valence-corrected chi connectivity index (χ2v) is 9.07. The molecule has 10 nitrogen and oxygen atoms in total. The van der Waals surface area contributed by atoms with Crippen molar-refractivity contribution < 1.29 is 23.5 Å². The number of methoxy groups -OCH3 is 1. The van der Waals surface area contributed by atoms with Gasteiger partial charge in [0.05, 0.1) is 26.5 Å². The molecule has 0 atom stereocenters. The van der Waals surface area contributed by atoms with E-state index >= 15 is 0 Å². The first-order chi connectivity index (χ1) is 17.6. The maximum atomic E-state index is 12.9. The van der Waals surface area contributed by atoms with Crippen molar-refractivity contribution in [3.05, 3.63) is 59.8 Å². The predicted molar refractivity (Wildman–Crippen MR) is 135 cm³/mol. The van der Waals surface area contributed by atoms with E-state index in [-0.39, 0.29) is 12.0 Å². The van der Waals surface area contributed by atoms with Gasteiger partial charge in [-0.05, 0) is 36.8 Å². The molecule has 0 unspecified atom stereocenters. The number of hydrogen-bond acceptors (Lipinski definition) is 9. The average molecular weight is 514 g/mol. The van der Waals surface area contributed by atoms with Crippen LogP contribution in [0.25, 0.3) is 0 Å². The topological polar surface area (TPSA) is 101 Å². The summed E-state index contributed by atoms with van der Waals surface area (Å²) in [6.07, 6.45) is 2.22. The van der Waals surface area contributed by atoms with Gasteiger partial charge in [0.15, 0.2) is 0 Å². The first-order valence-corrected chi connectivity index (χ1v) is 12.8. The molecule has 1 aliphatic heterocycles. The molecular weight excluding hydrogens is 482 g/mol. The number of carbonyl (C=O) groups is 2. The van der Waals surface area contributed by atoms with Crippen LogP contribution in [0.5, 0.6) is 5.75 Å². The van der Waals surface area contributed by atoms with Crippen molar-refractivity contribution in [1.82, 2.24) is 19.2 Å². The Morgan fingerprint density at radius 2 is 1.94 bits per heavy atom. The second-order valence-electron chi connectivity index (χ2n) is 8.34. The molecule has 192 valence electrons. The smallest absolute Gasteiger partial charge is 0.409 e. The van der Waals surface area contributed by atoms with Gasteiger partial charge in [-0.3, -0.25) is 4.79 Å². The number of carbonyl (C=O) groups excluding carboxylic acids is 2. The molecule has 0 radical (unpaired) electrons. The molecule has 2 amide bonds. The van der Waals surface area contributed by atoms with Crippen LogP contribution < -0.4 is 9.64 Å². The summed E-state index contributed by atoms with van der Waals surface area (Å²) >= 11 is 1.31. The second kappa shape index (κ2) is 12.4. The monoisotopic (exact) mass is 513 g/mol. The zero-order valence-corrected chi connectivity index (χ0v) is 21.4. The normalized spacial score (nSPS) is 13.5. The van der Waals surface area contributed by atoms with Gasteiger partial charge < -0.3 is 28.6 Å². The Balaban J connectivity index is 1.37. The SMILES string of the molecule is CCOC(=O)N1CCN(C(=O)CCN(Cc2ccco2)c2nc(Cc3cccc(OC)c3)ns2)CC1. The van der Waals surface area contributed by atoms with Gasteiger partial charge in [-0.25, -0.2) is 9.78 Å². The fraction of sp³-hybridized carbons (Fsp3) is 0.440.